The lowest BCUT2D eigenvalue weighted by molar-refractivity contribution is 0.161. The Hall–Kier alpha value is -1.78. The first-order valence-corrected chi connectivity index (χ1v) is 7.01. The largest absolute Gasteiger partial charge is 0.497 e. The zero-order chi connectivity index (χ0) is 15.0. The van der Waals surface area contributed by atoms with Gasteiger partial charge in [-0.3, -0.25) is 0 Å². The van der Waals surface area contributed by atoms with Gasteiger partial charge in [0.2, 0.25) is 0 Å². The monoisotopic (exact) mass is 307 g/mol. The van der Waals surface area contributed by atoms with E-state index in [-0.39, 0.29) is 17.2 Å². The van der Waals surface area contributed by atoms with Gasteiger partial charge in [-0.25, -0.2) is 4.39 Å². The third-order valence-corrected chi connectivity index (χ3v) is 3.98. The molecule has 21 heavy (non-hydrogen) atoms. The molecule has 0 spiro atoms. The minimum atomic E-state index is -0.452. The molecule has 3 rings (SSSR count). The molecule has 110 valence electrons. The Morgan fingerprint density at radius 2 is 2.10 bits per heavy atom. The van der Waals surface area contributed by atoms with Crippen molar-refractivity contribution in [2.75, 3.05) is 7.11 Å². The fourth-order valence-electron chi connectivity index (χ4n) is 2.53. The van der Waals surface area contributed by atoms with Crippen molar-refractivity contribution in [3.8, 4) is 11.5 Å². The molecular formula is C16H15ClFNO2. The van der Waals surface area contributed by atoms with E-state index in [1.165, 1.54) is 12.1 Å². The van der Waals surface area contributed by atoms with E-state index in [0.717, 1.165) is 16.9 Å². The van der Waals surface area contributed by atoms with Crippen LogP contribution in [-0.4, -0.2) is 7.11 Å². The Morgan fingerprint density at radius 3 is 2.81 bits per heavy atom. The van der Waals surface area contributed by atoms with Crippen molar-refractivity contribution in [3.63, 3.8) is 0 Å². The Bertz CT molecular complexity index is 677. The summed E-state index contributed by atoms with van der Waals surface area (Å²) in [5, 5.41) is 0.101. The van der Waals surface area contributed by atoms with Crippen LogP contribution in [0.3, 0.4) is 0 Å². The summed E-state index contributed by atoms with van der Waals surface area (Å²) >= 11 is 5.71. The van der Waals surface area contributed by atoms with Gasteiger partial charge in [0.15, 0.2) is 0 Å². The maximum Gasteiger partial charge on any atom is 0.142 e. The van der Waals surface area contributed by atoms with Crippen LogP contribution in [0, 0.1) is 5.82 Å². The fraction of sp³-hybridized carbons (Fsp3) is 0.250. The SMILES string of the molecule is COc1ccc2c(c1)C(N)CC(c1ccc(Cl)c(F)c1)O2. The van der Waals surface area contributed by atoms with E-state index >= 15 is 0 Å². The summed E-state index contributed by atoms with van der Waals surface area (Å²) in [5.41, 5.74) is 7.84. The lowest BCUT2D eigenvalue weighted by atomic mass is 9.93. The van der Waals surface area contributed by atoms with Crippen LogP contribution < -0.4 is 15.2 Å². The summed E-state index contributed by atoms with van der Waals surface area (Å²) in [6.07, 6.45) is 0.286. The molecule has 2 N–H and O–H groups in total. The van der Waals surface area contributed by atoms with Gasteiger partial charge in [0.25, 0.3) is 0 Å². The Labute approximate surface area is 127 Å². The number of hydrogen-bond acceptors (Lipinski definition) is 3. The lowest BCUT2D eigenvalue weighted by Crippen LogP contribution is -2.24. The molecule has 5 heteroatoms. The molecule has 0 saturated carbocycles. The minimum Gasteiger partial charge on any atom is -0.497 e. The van der Waals surface area contributed by atoms with E-state index in [1.807, 2.05) is 18.2 Å². The lowest BCUT2D eigenvalue weighted by Gasteiger charge is -2.31. The van der Waals surface area contributed by atoms with E-state index in [4.69, 9.17) is 26.8 Å². The highest BCUT2D eigenvalue weighted by Crippen LogP contribution is 2.41. The first kappa shape index (κ1) is 14.2. The van der Waals surface area contributed by atoms with Crippen molar-refractivity contribution in [3.05, 3.63) is 58.4 Å². The predicted octanol–water partition coefficient (Wildman–Crippen LogP) is 4.01. The van der Waals surface area contributed by atoms with E-state index in [2.05, 4.69) is 0 Å². The summed E-state index contributed by atoms with van der Waals surface area (Å²) < 4.78 is 24.7. The number of rotatable bonds is 2. The molecule has 2 unspecified atom stereocenters. The third kappa shape index (κ3) is 2.69. The highest BCUT2D eigenvalue weighted by Gasteiger charge is 2.28. The van der Waals surface area contributed by atoms with E-state index in [0.29, 0.717) is 12.2 Å². The zero-order valence-electron chi connectivity index (χ0n) is 11.5. The van der Waals surface area contributed by atoms with Crippen molar-refractivity contribution in [1.29, 1.82) is 0 Å². The second-order valence-corrected chi connectivity index (χ2v) is 5.43. The molecule has 0 aromatic heterocycles. The molecule has 1 aliphatic rings. The Balaban J connectivity index is 1.92. The fourth-order valence-corrected chi connectivity index (χ4v) is 2.64. The van der Waals surface area contributed by atoms with Gasteiger partial charge >= 0.3 is 0 Å². The average molecular weight is 308 g/mol. The average Bonchev–Trinajstić information content (AvgIpc) is 2.49. The normalized spacial score (nSPS) is 20.6. The molecule has 2 aromatic carbocycles. The zero-order valence-corrected chi connectivity index (χ0v) is 12.2. The molecule has 0 saturated heterocycles. The molecule has 2 atom stereocenters. The molecule has 3 nitrogen and oxygen atoms in total. The number of hydrogen-bond donors (Lipinski definition) is 1. The van der Waals surface area contributed by atoms with E-state index < -0.39 is 5.82 Å². The number of fused-ring (bicyclic) bond motifs is 1. The van der Waals surface area contributed by atoms with Gasteiger partial charge < -0.3 is 15.2 Å². The van der Waals surface area contributed by atoms with Crippen LogP contribution in [0.15, 0.2) is 36.4 Å². The van der Waals surface area contributed by atoms with Crippen LogP contribution in [0.25, 0.3) is 0 Å². The topological polar surface area (TPSA) is 44.5 Å². The first-order valence-electron chi connectivity index (χ1n) is 6.63. The van der Waals surface area contributed by atoms with Gasteiger partial charge in [-0.1, -0.05) is 17.7 Å². The van der Waals surface area contributed by atoms with Gasteiger partial charge in [0, 0.05) is 18.0 Å². The van der Waals surface area contributed by atoms with E-state index in [9.17, 15) is 4.39 Å². The predicted molar refractivity (Wildman–Crippen MR) is 79.3 cm³/mol. The summed E-state index contributed by atoms with van der Waals surface area (Å²) in [5.74, 6) is 0.991. The number of ether oxygens (including phenoxy) is 2. The molecule has 0 bridgehead atoms. The van der Waals surface area contributed by atoms with Crippen molar-refractivity contribution in [2.24, 2.45) is 5.73 Å². The van der Waals surface area contributed by atoms with Crippen LogP contribution in [0.1, 0.15) is 29.7 Å². The van der Waals surface area contributed by atoms with Crippen LogP contribution in [0.2, 0.25) is 5.02 Å². The Morgan fingerprint density at radius 1 is 1.29 bits per heavy atom. The number of nitrogens with two attached hydrogens (primary N) is 1. The quantitative estimate of drug-likeness (QED) is 0.911. The second kappa shape index (κ2) is 5.54. The molecule has 0 amide bonds. The van der Waals surface area contributed by atoms with Crippen LogP contribution in [-0.2, 0) is 0 Å². The van der Waals surface area contributed by atoms with Crippen molar-refractivity contribution in [2.45, 2.75) is 18.6 Å². The van der Waals surface area contributed by atoms with E-state index in [1.54, 1.807) is 13.2 Å². The number of halogens is 2. The van der Waals surface area contributed by atoms with Crippen LogP contribution in [0.5, 0.6) is 11.5 Å². The van der Waals surface area contributed by atoms with Crippen molar-refractivity contribution in [1.82, 2.24) is 0 Å². The van der Waals surface area contributed by atoms with Gasteiger partial charge in [0.1, 0.15) is 23.4 Å². The van der Waals surface area contributed by atoms with Gasteiger partial charge in [0.05, 0.1) is 12.1 Å². The molecule has 1 heterocycles. The van der Waals surface area contributed by atoms with Crippen LogP contribution >= 0.6 is 11.6 Å². The van der Waals surface area contributed by atoms with Gasteiger partial charge in [-0.05, 0) is 35.9 Å². The summed E-state index contributed by atoms with van der Waals surface area (Å²) in [6, 6.07) is 10.0. The molecule has 0 radical (unpaired) electrons. The van der Waals surface area contributed by atoms with Crippen molar-refractivity contribution < 1.29 is 13.9 Å². The molecule has 0 aliphatic carbocycles. The highest BCUT2D eigenvalue weighted by atomic mass is 35.5. The second-order valence-electron chi connectivity index (χ2n) is 5.03. The maximum absolute atomic E-state index is 13.6. The minimum absolute atomic E-state index is 0.101. The highest BCUT2D eigenvalue weighted by molar-refractivity contribution is 6.30. The first-order chi connectivity index (χ1) is 10.1. The van der Waals surface area contributed by atoms with Gasteiger partial charge in [-0.15, -0.1) is 0 Å². The summed E-state index contributed by atoms with van der Waals surface area (Å²) in [6.45, 7) is 0. The molecular weight excluding hydrogens is 293 g/mol. The Kier molecular flexibility index (Phi) is 3.74. The summed E-state index contributed by atoms with van der Waals surface area (Å²) in [7, 11) is 1.61. The van der Waals surface area contributed by atoms with Gasteiger partial charge in [-0.2, -0.15) is 0 Å². The van der Waals surface area contributed by atoms with Crippen molar-refractivity contribution >= 4 is 11.6 Å². The smallest absolute Gasteiger partial charge is 0.142 e. The molecule has 0 fully saturated rings. The number of benzene rings is 2. The molecule has 1 aliphatic heterocycles. The maximum atomic E-state index is 13.6. The summed E-state index contributed by atoms with van der Waals surface area (Å²) in [4.78, 5) is 0. The standard InChI is InChI=1S/C16H15ClFNO2/c1-20-10-3-5-15-11(7-10)14(19)8-16(21-15)9-2-4-12(17)13(18)6-9/h2-7,14,16H,8,19H2,1H3. The number of methoxy groups -OCH3 is 1. The third-order valence-electron chi connectivity index (χ3n) is 3.67. The van der Waals surface area contributed by atoms with Crippen LogP contribution in [0.4, 0.5) is 4.39 Å². The molecule has 2 aromatic rings.